The second-order valence-corrected chi connectivity index (χ2v) is 5.71. The molecule has 6 nitrogen and oxygen atoms in total. The molecule has 0 saturated heterocycles. The zero-order valence-electron chi connectivity index (χ0n) is 10.7. The van der Waals surface area contributed by atoms with Crippen molar-refractivity contribution in [1.29, 1.82) is 0 Å². The minimum absolute atomic E-state index is 0.111. The fourth-order valence-corrected chi connectivity index (χ4v) is 2.83. The average Bonchev–Trinajstić information content (AvgIpc) is 2.90. The third-order valence-electron chi connectivity index (χ3n) is 2.92. The predicted octanol–water partition coefficient (Wildman–Crippen LogP) is 1.95. The van der Waals surface area contributed by atoms with Crippen LogP contribution in [0.5, 0.6) is 0 Å². The Morgan fingerprint density at radius 3 is 2.76 bits per heavy atom. The van der Waals surface area contributed by atoms with E-state index in [0.29, 0.717) is 15.1 Å². The van der Waals surface area contributed by atoms with Crippen molar-refractivity contribution in [3.05, 3.63) is 57.5 Å². The van der Waals surface area contributed by atoms with Crippen LogP contribution in [0.2, 0.25) is 5.02 Å². The van der Waals surface area contributed by atoms with Crippen molar-refractivity contribution >= 4 is 33.0 Å². The van der Waals surface area contributed by atoms with Crippen LogP contribution in [0.1, 0.15) is 11.6 Å². The van der Waals surface area contributed by atoms with Gasteiger partial charge in [-0.3, -0.25) is 4.79 Å². The molecule has 2 N–H and O–H groups in total. The molecule has 0 spiro atoms. The topological polar surface area (TPSA) is 79.5 Å². The number of fused-ring (bicyclic) bond motifs is 1. The minimum atomic E-state index is -0.335. The Labute approximate surface area is 128 Å². The van der Waals surface area contributed by atoms with Crippen LogP contribution in [-0.4, -0.2) is 26.3 Å². The largest absolute Gasteiger partial charge is 0.394 e. The number of anilines is 1. The van der Waals surface area contributed by atoms with Gasteiger partial charge in [0.1, 0.15) is 0 Å². The van der Waals surface area contributed by atoms with Gasteiger partial charge in [-0.05, 0) is 17.7 Å². The maximum atomic E-state index is 11.6. The highest BCUT2D eigenvalue weighted by molar-refractivity contribution is 7.20. The maximum Gasteiger partial charge on any atom is 0.275 e. The lowest BCUT2D eigenvalue weighted by Gasteiger charge is -2.15. The van der Waals surface area contributed by atoms with Crippen LogP contribution in [0, 0.1) is 0 Å². The van der Waals surface area contributed by atoms with Gasteiger partial charge in [-0.2, -0.15) is 4.52 Å². The first-order chi connectivity index (χ1) is 10.2. The molecule has 0 aliphatic rings. The Morgan fingerprint density at radius 1 is 1.33 bits per heavy atom. The van der Waals surface area contributed by atoms with E-state index >= 15 is 0 Å². The van der Waals surface area contributed by atoms with Gasteiger partial charge in [-0.15, -0.1) is 5.10 Å². The quantitative estimate of drug-likeness (QED) is 0.767. The molecular weight excluding hydrogens is 312 g/mol. The number of nitrogens with zero attached hydrogens (tertiary/aromatic N) is 3. The third kappa shape index (κ3) is 2.90. The lowest BCUT2D eigenvalue weighted by molar-refractivity contribution is 0.276. The summed E-state index contributed by atoms with van der Waals surface area (Å²) >= 11 is 7.10. The first-order valence-corrected chi connectivity index (χ1v) is 7.34. The lowest BCUT2D eigenvalue weighted by atomic mass is 10.1. The molecule has 0 radical (unpaired) electrons. The molecule has 1 atom stereocenters. The zero-order valence-corrected chi connectivity index (χ0v) is 12.3. The number of aliphatic hydroxyl groups is 1. The molecule has 0 bridgehead atoms. The number of nitrogens with one attached hydrogen (secondary N) is 1. The number of rotatable bonds is 4. The van der Waals surface area contributed by atoms with Crippen molar-refractivity contribution < 1.29 is 5.11 Å². The van der Waals surface area contributed by atoms with Crippen molar-refractivity contribution in [2.75, 3.05) is 11.9 Å². The Balaban J connectivity index is 1.90. The SMILES string of the molecule is O=c1ccnc2sc(NC(CO)c3ccc(Cl)cc3)nn12. The average molecular weight is 323 g/mol. The van der Waals surface area contributed by atoms with Crippen molar-refractivity contribution in [2.45, 2.75) is 6.04 Å². The number of aliphatic hydroxyl groups excluding tert-OH is 1. The Kier molecular flexibility index (Phi) is 3.87. The summed E-state index contributed by atoms with van der Waals surface area (Å²) in [6, 6.07) is 8.18. The molecule has 0 aliphatic carbocycles. The summed E-state index contributed by atoms with van der Waals surface area (Å²) in [5, 5.41) is 17.9. The van der Waals surface area contributed by atoms with Crippen molar-refractivity contribution in [3.8, 4) is 0 Å². The van der Waals surface area contributed by atoms with Crippen LogP contribution in [0.4, 0.5) is 5.13 Å². The fraction of sp³-hybridized carbons (Fsp3) is 0.154. The molecule has 0 fully saturated rings. The number of benzene rings is 1. The molecule has 8 heteroatoms. The summed E-state index contributed by atoms with van der Waals surface area (Å²) in [7, 11) is 0. The summed E-state index contributed by atoms with van der Waals surface area (Å²) in [6.07, 6.45) is 1.45. The highest BCUT2D eigenvalue weighted by Gasteiger charge is 2.13. The molecule has 21 heavy (non-hydrogen) atoms. The fourth-order valence-electron chi connectivity index (χ4n) is 1.88. The summed E-state index contributed by atoms with van der Waals surface area (Å²) < 4.78 is 1.23. The highest BCUT2D eigenvalue weighted by atomic mass is 35.5. The van der Waals surface area contributed by atoms with Gasteiger partial charge < -0.3 is 10.4 Å². The molecule has 1 unspecified atom stereocenters. The molecule has 0 aliphatic heterocycles. The van der Waals surface area contributed by atoms with Gasteiger partial charge in [0.15, 0.2) is 0 Å². The summed E-state index contributed by atoms with van der Waals surface area (Å²) in [6.45, 7) is -0.111. The molecule has 0 amide bonds. The second kappa shape index (κ2) is 5.80. The van der Waals surface area contributed by atoms with E-state index < -0.39 is 0 Å². The van der Waals surface area contributed by atoms with Gasteiger partial charge in [0, 0.05) is 17.3 Å². The number of hydrogen-bond acceptors (Lipinski definition) is 6. The van der Waals surface area contributed by atoms with Gasteiger partial charge >= 0.3 is 0 Å². The lowest BCUT2D eigenvalue weighted by Crippen LogP contribution is -2.16. The number of halogens is 1. The zero-order chi connectivity index (χ0) is 14.8. The van der Waals surface area contributed by atoms with Crippen LogP contribution in [0.15, 0.2) is 41.3 Å². The summed E-state index contributed by atoms with van der Waals surface area (Å²) in [5.41, 5.74) is 0.637. The van der Waals surface area contributed by atoms with E-state index in [1.54, 1.807) is 12.1 Å². The van der Waals surface area contributed by atoms with Crippen molar-refractivity contribution in [3.63, 3.8) is 0 Å². The summed E-state index contributed by atoms with van der Waals surface area (Å²) in [4.78, 5) is 16.2. The molecule has 3 rings (SSSR count). The monoisotopic (exact) mass is 322 g/mol. The predicted molar refractivity (Wildman–Crippen MR) is 82.0 cm³/mol. The second-order valence-electron chi connectivity index (χ2n) is 4.32. The molecule has 2 heterocycles. The molecule has 3 aromatic rings. The minimum Gasteiger partial charge on any atom is -0.394 e. The van der Waals surface area contributed by atoms with Crippen LogP contribution in [-0.2, 0) is 0 Å². The van der Waals surface area contributed by atoms with Gasteiger partial charge in [-0.25, -0.2) is 4.98 Å². The normalized spacial score (nSPS) is 12.5. The van der Waals surface area contributed by atoms with Gasteiger partial charge in [0.25, 0.3) is 5.56 Å². The molecule has 1 aromatic carbocycles. The summed E-state index contributed by atoms with van der Waals surface area (Å²) in [5.74, 6) is 0. The smallest absolute Gasteiger partial charge is 0.275 e. The Hall–Kier alpha value is -1.96. The van der Waals surface area contributed by atoms with Crippen LogP contribution < -0.4 is 10.9 Å². The molecule has 108 valence electrons. The molecule has 0 saturated carbocycles. The van der Waals surface area contributed by atoms with Crippen LogP contribution in [0.3, 0.4) is 0 Å². The van der Waals surface area contributed by atoms with E-state index in [9.17, 15) is 9.90 Å². The van der Waals surface area contributed by atoms with E-state index in [1.165, 1.54) is 28.1 Å². The van der Waals surface area contributed by atoms with E-state index in [4.69, 9.17) is 11.6 Å². The van der Waals surface area contributed by atoms with E-state index in [1.807, 2.05) is 12.1 Å². The first-order valence-electron chi connectivity index (χ1n) is 6.15. The van der Waals surface area contributed by atoms with E-state index in [2.05, 4.69) is 15.4 Å². The van der Waals surface area contributed by atoms with Crippen molar-refractivity contribution in [2.24, 2.45) is 0 Å². The molecule has 2 aromatic heterocycles. The Bertz CT molecular complexity index is 815. The number of hydrogen-bond donors (Lipinski definition) is 2. The van der Waals surface area contributed by atoms with E-state index in [-0.39, 0.29) is 18.2 Å². The van der Waals surface area contributed by atoms with Crippen molar-refractivity contribution in [1.82, 2.24) is 14.6 Å². The molecular formula is C13H11ClN4O2S. The van der Waals surface area contributed by atoms with Crippen LogP contribution >= 0.6 is 22.9 Å². The highest BCUT2D eigenvalue weighted by Crippen LogP contribution is 2.23. The van der Waals surface area contributed by atoms with Gasteiger partial charge in [-0.1, -0.05) is 35.1 Å². The van der Waals surface area contributed by atoms with E-state index in [0.717, 1.165) is 5.56 Å². The first kappa shape index (κ1) is 14.0. The standard InChI is InChI=1S/C13H11ClN4O2S/c14-9-3-1-8(2-4-9)10(7-19)16-12-17-18-11(20)5-6-15-13(18)21-12/h1-6,10,19H,7H2,(H,16,17). The third-order valence-corrected chi connectivity index (χ3v) is 4.03. The van der Waals surface area contributed by atoms with Crippen LogP contribution in [0.25, 0.3) is 4.96 Å². The Morgan fingerprint density at radius 2 is 2.10 bits per heavy atom. The maximum absolute atomic E-state index is 11.6. The van der Waals surface area contributed by atoms with Gasteiger partial charge in [0.05, 0.1) is 12.6 Å². The van der Waals surface area contributed by atoms with Gasteiger partial charge in [0.2, 0.25) is 10.1 Å². The number of aromatic nitrogens is 3.